The van der Waals surface area contributed by atoms with Gasteiger partial charge in [0.1, 0.15) is 6.07 Å². The number of hydrogen-bond acceptors (Lipinski definition) is 4. The van der Waals surface area contributed by atoms with Crippen LogP contribution in [-0.2, 0) is 6.54 Å². The number of nitriles is 1. The van der Waals surface area contributed by atoms with Crippen LogP contribution in [-0.4, -0.2) is 31.1 Å². The summed E-state index contributed by atoms with van der Waals surface area (Å²) in [7, 11) is 0. The summed E-state index contributed by atoms with van der Waals surface area (Å²) >= 11 is 6.22. The van der Waals surface area contributed by atoms with E-state index in [1.165, 1.54) is 0 Å². The molecule has 1 fully saturated rings. The van der Waals surface area contributed by atoms with Crippen molar-refractivity contribution in [1.82, 2.24) is 4.90 Å². The van der Waals surface area contributed by atoms with Gasteiger partial charge in [-0.25, -0.2) is 0 Å². The Kier molecular flexibility index (Phi) is 7.27. The number of hydrogen-bond donors (Lipinski definition) is 1. The lowest BCUT2D eigenvalue weighted by molar-refractivity contribution is 0.316. The molecule has 0 aliphatic carbocycles. The zero-order valence-corrected chi connectivity index (χ0v) is 13.7. The van der Waals surface area contributed by atoms with Crippen LogP contribution in [0, 0.1) is 17.2 Å². The topological polar surface area (TPSA) is 62.3 Å². The molecule has 6 heteroatoms. The first-order valence-electron chi connectivity index (χ1n) is 6.95. The second-order valence-corrected chi connectivity index (χ2v) is 5.53. The molecule has 1 aromatic rings. The number of halogens is 2. The highest BCUT2D eigenvalue weighted by Gasteiger charge is 2.21. The normalized spacial score (nSPS) is 18.1. The van der Waals surface area contributed by atoms with Crippen LogP contribution in [0.15, 0.2) is 12.1 Å². The summed E-state index contributed by atoms with van der Waals surface area (Å²) < 4.78 is 5.43. The van der Waals surface area contributed by atoms with Crippen LogP contribution in [0.5, 0.6) is 5.75 Å². The molecule has 2 rings (SSSR count). The fourth-order valence-corrected chi connectivity index (χ4v) is 2.92. The van der Waals surface area contributed by atoms with Gasteiger partial charge < -0.3 is 10.5 Å². The predicted octanol–water partition coefficient (Wildman–Crippen LogP) is 2.81. The second kappa shape index (κ2) is 8.45. The summed E-state index contributed by atoms with van der Waals surface area (Å²) in [5.74, 6) is 1.07. The molecular weight excluding hydrogens is 309 g/mol. The maximum atomic E-state index is 9.22. The summed E-state index contributed by atoms with van der Waals surface area (Å²) in [6.45, 7) is 5.99. The van der Waals surface area contributed by atoms with Crippen molar-refractivity contribution < 1.29 is 4.74 Å². The Morgan fingerprint density at radius 1 is 1.52 bits per heavy atom. The molecule has 21 heavy (non-hydrogen) atoms. The average Bonchev–Trinajstić information content (AvgIpc) is 2.89. The van der Waals surface area contributed by atoms with Crippen molar-refractivity contribution in [3.63, 3.8) is 0 Å². The van der Waals surface area contributed by atoms with Gasteiger partial charge in [-0.2, -0.15) is 5.26 Å². The molecule has 116 valence electrons. The lowest BCUT2D eigenvalue weighted by Gasteiger charge is -2.17. The van der Waals surface area contributed by atoms with E-state index in [0.29, 0.717) is 28.9 Å². The number of benzene rings is 1. The zero-order chi connectivity index (χ0) is 14.5. The Morgan fingerprint density at radius 3 is 2.86 bits per heavy atom. The molecule has 0 saturated carbocycles. The third kappa shape index (κ3) is 4.49. The van der Waals surface area contributed by atoms with Gasteiger partial charge in [0.25, 0.3) is 0 Å². The third-order valence-electron chi connectivity index (χ3n) is 3.62. The number of rotatable bonds is 5. The summed E-state index contributed by atoms with van der Waals surface area (Å²) in [6, 6.07) is 5.92. The second-order valence-electron chi connectivity index (χ2n) is 5.12. The predicted molar refractivity (Wildman–Crippen MR) is 87.0 cm³/mol. The Labute approximate surface area is 137 Å². The van der Waals surface area contributed by atoms with Crippen LogP contribution in [0.3, 0.4) is 0 Å². The summed E-state index contributed by atoms with van der Waals surface area (Å²) in [4.78, 5) is 2.35. The average molecular weight is 330 g/mol. The minimum Gasteiger partial charge on any atom is -0.491 e. The SMILES string of the molecule is CCOc1c(Cl)cc(CN2CC[C@H](CN)C2)cc1C#N.Cl. The van der Waals surface area contributed by atoms with E-state index in [9.17, 15) is 5.26 Å². The van der Waals surface area contributed by atoms with Gasteiger partial charge in [-0.1, -0.05) is 11.6 Å². The molecule has 1 heterocycles. The van der Waals surface area contributed by atoms with Gasteiger partial charge >= 0.3 is 0 Å². The van der Waals surface area contributed by atoms with Crippen molar-refractivity contribution in [1.29, 1.82) is 5.26 Å². The van der Waals surface area contributed by atoms with Crippen molar-refractivity contribution >= 4 is 24.0 Å². The van der Waals surface area contributed by atoms with Crippen LogP contribution in [0.4, 0.5) is 0 Å². The molecule has 1 aromatic carbocycles. The van der Waals surface area contributed by atoms with Crippen molar-refractivity contribution in [3.8, 4) is 11.8 Å². The van der Waals surface area contributed by atoms with Gasteiger partial charge in [0.2, 0.25) is 0 Å². The lowest BCUT2D eigenvalue weighted by atomic mass is 10.1. The third-order valence-corrected chi connectivity index (χ3v) is 3.90. The van der Waals surface area contributed by atoms with Crippen molar-refractivity contribution in [2.45, 2.75) is 19.9 Å². The van der Waals surface area contributed by atoms with Gasteiger partial charge in [-0.15, -0.1) is 12.4 Å². The van der Waals surface area contributed by atoms with Gasteiger partial charge in [0.15, 0.2) is 5.75 Å². The summed E-state index contributed by atoms with van der Waals surface area (Å²) in [6.07, 6.45) is 1.15. The van der Waals surface area contributed by atoms with Crippen molar-refractivity contribution in [2.24, 2.45) is 11.7 Å². The molecule has 1 aliphatic rings. The smallest absolute Gasteiger partial charge is 0.155 e. The molecule has 0 spiro atoms. The molecule has 0 unspecified atom stereocenters. The number of likely N-dealkylation sites (tertiary alicyclic amines) is 1. The first kappa shape index (κ1) is 18.1. The van der Waals surface area contributed by atoms with E-state index in [4.69, 9.17) is 22.1 Å². The first-order valence-corrected chi connectivity index (χ1v) is 7.33. The number of nitrogens with zero attached hydrogens (tertiary/aromatic N) is 2. The summed E-state index contributed by atoms with van der Waals surface area (Å²) in [5, 5.41) is 9.73. The Morgan fingerprint density at radius 2 is 2.29 bits per heavy atom. The standard InChI is InChI=1S/C15H20ClN3O.ClH/c1-2-20-15-13(8-18)5-12(6-14(15)16)10-19-4-3-11(7-17)9-19;/h5-6,11H,2-4,7,9-10,17H2,1H3;1H/t11-;/m1./s1. The van der Waals surface area contributed by atoms with Gasteiger partial charge in [0.05, 0.1) is 17.2 Å². The molecule has 1 aliphatic heterocycles. The maximum Gasteiger partial charge on any atom is 0.155 e. The van der Waals surface area contributed by atoms with Gasteiger partial charge in [-0.3, -0.25) is 4.90 Å². The minimum absolute atomic E-state index is 0. The molecule has 4 nitrogen and oxygen atoms in total. The van der Waals surface area contributed by atoms with Crippen molar-refractivity contribution in [2.75, 3.05) is 26.2 Å². The van der Waals surface area contributed by atoms with Crippen LogP contribution in [0.2, 0.25) is 5.02 Å². The van der Waals surface area contributed by atoms with Crippen LogP contribution < -0.4 is 10.5 Å². The van der Waals surface area contributed by atoms with E-state index < -0.39 is 0 Å². The molecule has 0 aromatic heterocycles. The molecule has 2 N–H and O–H groups in total. The maximum absolute atomic E-state index is 9.22. The van der Waals surface area contributed by atoms with E-state index in [1.807, 2.05) is 19.1 Å². The van der Waals surface area contributed by atoms with Crippen molar-refractivity contribution in [3.05, 3.63) is 28.3 Å². The number of nitrogens with two attached hydrogens (primary N) is 1. The Bertz CT molecular complexity index is 516. The molecule has 0 bridgehead atoms. The van der Waals surface area contributed by atoms with Gasteiger partial charge in [-0.05, 0) is 50.0 Å². The molecule has 0 amide bonds. The van der Waals surface area contributed by atoms with E-state index in [2.05, 4.69) is 11.0 Å². The quantitative estimate of drug-likeness (QED) is 0.902. The number of ether oxygens (including phenoxy) is 1. The van der Waals surface area contributed by atoms with Crippen LogP contribution >= 0.6 is 24.0 Å². The highest BCUT2D eigenvalue weighted by Crippen LogP contribution is 2.31. The Balaban J connectivity index is 0.00000220. The highest BCUT2D eigenvalue weighted by molar-refractivity contribution is 6.32. The fraction of sp³-hybridized carbons (Fsp3) is 0.533. The van der Waals surface area contributed by atoms with E-state index in [0.717, 1.165) is 38.2 Å². The van der Waals surface area contributed by atoms with E-state index in [1.54, 1.807) is 0 Å². The molecule has 0 radical (unpaired) electrons. The fourth-order valence-electron chi connectivity index (χ4n) is 2.62. The summed E-state index contributed by atoms with van der Waals surface area (Å²) in [5.41, 5.74) is 7.26. The van der Waals surface area contributed by atoms with Gasteiger partial charge in [0, 0.05) is 13.1 Å². The molecule has 1 saturated heterocycles. The van der Waals surface area contributed by atoms with Crippen LogP contribution in [0.1, 0.15) is 24.5 Å². The zero-order valence-electron chi connectivity index (χ0n) is 12.1. The molecule has 1 atom stereocenters. The minimum atomic E-state index is 0. The van der Waals surface area contributed by atoms with E-state index >= 15 is 0 Å². The largest absolute Gasteiger partial charge is 0.491 e. The first-order chi connectivity index (χ1) is 9.67. The molecular formula is C15H21Cl2N3O. The Hall–Kier alpha value is -0.990. The lowest BCUT2D eigenvalue weighted by Crippen LogP contribution is -2.22. The van der Waals surface area contributed by atoms with E-state index in [-0.39, 0.29) is 12.4 Å². The van der Waals surface area contributed by atoms with Crippen LogP contribution in [0.25, 0.3) is 0 Å². The monoisotopic (exact) mass is 329 g/mol. The highest BCUT2D eigenvalue weighted by atomic mass is 35.5.